The minimum Gasteiger partial charge on any atom is -0.463 e. The van der Waals surface area contributed by atoms with Gasteiger partial charge in [-0.1, -0.05) is 0 Å². The van der Waals surface area contributed by atoms with Gasteiger partial charge in [0.15, 0.2) is 0 Å². The van der Waals surface area contributed by atoms with Crippen LogP contribution in [0.15, 0.2) is 0 Å². The second kappa shape index (κ2) is 5.29. The van der Waals surface area contributed by atoms with Crippen molar-refractivity contribution in [3.05, 3.63) is 0 Å². The van der Waals surface area contributed by atoms with Crippen LogP contribution in [0.3, 0.4) is 0 Å². The molecule has 1 heterocycles. The summed E-state index contributed by atoms with van der Waals surface area (Å²) in [7, 11) is 0. The van der Waals surface area contributed by atoms with Crippen molar-refractivity contribution in [2.24, 2.45) is 0 Å². The summed E-state index contributed by atoms with van der Waals surface area (Å²) < 4.78 is 9.82. The summed E-state index contributed by atoms with van der Waals surface area (Å²) in [6.45, 7) is 1.41. The first kappa shape index (κ1) is 11.4. The highest BCUT2D eigenvalue weighted by molar-refractivity contribution is 5.69. The molecule has 0 radical (unpaired) electrons. The zero-order valence-corrected chi connectivity index (χ0v) is 8.18. The first-order chi connectivity index (χ1) is 6.63. The molecule has 1 saturated heterocycles. The summed E-state index contributed by atoms with van der Waals surface area (Å²) in [6, 6.07) is 0. The molecule has 2 N–H and O–H groups in total. The molecule has 1 rings (SSSR count). The van der Waals surface area contributed by atoms with Crippen molar-refractivity contribution >= 4 is 5.97 Å². The van der Waals surface area contributed by atoms with Gasteiger partial charge in [-0.15, -0.1) is 0 Å². The quantitative estimate of drug-likeness (QED) is 0.448. The van der Waals surface area contributed by atoms with Gasteiger partial charge < -0.3 is 19.7 Å². The minimum atomic E-state index is -0.977. The van der Waals surface area contributed by atoms with Crippen LogP contribution in [0.2, 0.25) is 0 Å². The molecule has 82 valence electrons. The van der Waals surface area contributed by atoms with E-state index >= 15 is 0 Å². The molecule has 0 aromatic rings. The lowest BCUT2D eigenvalue weighted by Gasteiger charge is -2.07. The van der Waals surface area contributed by atoms with Crippen molar-refractivity contribution in [2.75, 3.05) is 13.2 Å². The first-order valence-corrected chi connectivity index (χ1v) is 4.73. The van der Waals surface area contributed by atoms with Crippen LogP contribution in [0.4, 0.5) is 0 Å². The van der Waals surface area contributed by atoms with Crippen LogP contribution in [-0.2, 0) is 14.3 Å². The fraction of sp³-hybridized carbons (Fsp3) is 0.889. The Bertz CT molecular complexity index is 184. The predicted molar refractivity (Wildman–Crippen MR) is 47.6 cm³/mol. The van der Waals surface area contributed by atoms with Gasteiger partial charge in [0, 0.05) is 6.42 Å². The molecule has 0 aromatic heterocycles. The minimum absolute atomic E-state index is 0.142. The molecule has 0 amide bonds. The molecule has 5 heteroatoms. The molecule has 0 aliphatic carbocycles. The summed E-state index contributed by atoms with van der Waals surface area (Å²) in [6.07, 6.45) is 0.425. The van der Waals surface area contributed by atoms with Crippen LogP contribution in [0.1, 0.15) is 19.8 Å². The summed E-state index contributed by atoms with van der Waals surface area (Å²) in [5.74, 6) is -0.361. The Morgan fingerprint density at radius 1 is 1.64 bits per heavy atom. The average Bonchev–Trinajstić information content (AvgIpc) is 2.87. The molecular formula is C9H16O5. The zero-order chi connectivity index (χ0) is 10.6. The molecule has 1 aliphatic heterocycles. The Morgan fingerprint density at radius 3 is 2.79 bits per heavy atom. The maximum absolute atomic E-state index is 11.0. The van der Waals surface area contributed by atoms with Crippen molar-refractivity contribution in [1.29, 1.82) is 0 Å². The van der Waals surface area contributed by atoms with E-state index in [0.717, 1.165) is 0 Å². The number of ether oxygens (including phenoxy) is 2. The van der Waals surface area contributed by atoms with Crippen molar-refractivity contribution in [1.82, 2.24) is 0 Å². The van der Waals surface area contributed by atoms with E-state index in [1.807, 2.05) is 6.92 Å². The number of aliphatic hydroxyl groups excluding tert-OH is 2. The Morgan fingerprint density at radius 2 is 2.29 bits per heavy atom. The number of rotatable bonds is 6. The van der Waals surface area contributed by atoms with Gasteiger partial charge in [-0.05, 0) is 13.3 Å². The van der Waals surface area contributed by atoms with Crippen LogP contribution in [0.5, 0.6) is 0 Å². The van der Waals surface area contributed by atoms with Gasteiger partial charge in [0.1, 0.15) is 12.7 Å². The largest absolute Gasteiger partial charge is 0.463 e. The summed E-state index contributed by atoms with van der Waals surface area (Å²) in [5, 5.41) is 17.3. The van der Waals surface area contributed by atoms with E-state index in [0.29, 0.717) is 12.8 Å². The van der Waals surface area contributed by atoms with E-state index in [1.165, 1.54) is 0 Å². The lowest BCUT2D eigenvalue weighted by Crippen LogP contribution is -2.22. The number of carbonyl (C=O) groups excluding carboxylic acids is 1. The van der Waals surface area contributed by atoms with Crippen LogP contribution in [0.25, 0.3) is 0 Å². The summed E-state index contributed by atoms with van der Waals surface area (Å²) >= 11 is 0. The lowest BCUT2D eigenvalue weighted by atomic mass is 10.2. The van der Waals surface area contributed by atoms with Gasteiger partial charge in [-0.2, -0.15) is 0 Å². The molecular weight excluding hydrogens is 188 g/mol. The maximum Gasteiger partial charge on any atom is 0.305 e. The van der Waals surface area contributed by atoms with Gasteiger partial charge in [0.25, 0.3) is 0 Å². The van der Waals surface area contributed by atoms with E-state index in [2.05, 4.69) is 0 Å². The monoisotopic (exact) mass is 204 g/mol. The Hall–Kier alpha value is -0.650. The zero-order valence-electron chi connectivity index (χ0n) is 8.18. The van der Waals surface area contributed by atoms with Crippen LogP contribution >= 0.6 is 0 Å². The third-order valence-electron chi connectivity index (χ3n) is 2.12. The Kier molecular flexibility index (Phi) is 4.31. The molecule has 3 unspecified atom stereocenters. The van der Waals surface area contributed by atoms with E-state index in [9.17, 15) is 4.79 Å². The standard InChI is InChI=1S/C9H16O5/c1-6-8(14-6)2-3-9(12)13-5-7(11)4-10/h6-8,10-11H,2-5H2,1H3. The van der Waals surface area contributed by atoms with Gasteiger partial charge in [-0.3, -0.25) is 4.79 Å². The third kappa shape index (κ3) is 4.04. The van der Waals surface area contributed by atoms with E-state index in [-0.39, 0.29) is 24.8 Å². The van der Waals surface area contributed by atoms with Crippen LogP contribution < -0.4 is 0 Å². The summed E-state index contributed by atoms with van der Waals surface area (Å²) in [5.41, 5.74) is 0. The van der Waals surface area contributed by atoms with Crippen LogP contribution in [0, 0.1) is 0 Å². The van der Waals surface area contributed by atoms with Gasteiger partial charge in [-0.25, -0.2) is 0 Å². The number of hydrogen-bond donors (Lipinski definition) is 2. The van der Waals surface area contributed by atoms with Gasteiger partial charge in [0.05, 0.1) is 18.8 Å². The Labute approximate surface area is 82.6 Å². The number of epoxide rings is 1. The molecule has 0 bridgehead atoms. The second-order valence-electron chi connectivity index (χ2n) is 3.44. The smallest absolute Gasteiger partial charge is 0.305 e. The van der Waals surface area contributed by atoms with Gasteiger partial charge in [0.2, 0.25) is 0 Å². The SMILES string of the molecule is CC1OC1CCC(=O)OCC(O)CO. The average molecular weight is 204 g/mol. The highest BCUT2D eigenvalue weighted by Crippen LogP contribution is 2.25. The number of hydrogen-bond acceptors (Lipinski definition) is 5. The van der Waals surface area contributed by atoms with Gasteiger partial charge >= 0.3 is 5.97 Å². The molecule has 3 atom stereocenters. The van der Waals surface area contributed by atoms with E-state index in [4.69, 9.17) is 19.7 Å². The molecule has 1 aliphatic rings. The summed E-state index contributed by atoms with van der Waals surface area (Å²) in [4.78, 5) is 11.0. The number of carbonyl (C=O) groups is 1. The fourth-order valence-electron chi connectivity index (χ4n) is 1.11. The maximum atomic E-state index is 11.0. The fourth-order valence-corrected chi connectivity index (χ4v) is 1.11. The molecule has 5 nitrogen and oxygen atoms in total. The molecule has 1 fully saturated rings. The topological polar surface area (TPSA) is 79.3 Å². The second-order valence-corrected chi connectivity index (χ2v) is 3.44. The Balaban J connectivity index is 1.98. The van der Waals surface area contributed by atoms with Crippen molar-refractivity contribution in [2.45, 2.75) is 38.1 Å². The highest BCUT2D eigenvalue weighted by Gasteiger charge is 2.34. The first-order valence-electron chi connectivity index (χ1n) is 4.73. The lowest BCUT2D eigenvalue weighted by molar-refractivity contribution is -0.147. The number of aliphatic hydroxyl groups is 2. The van der Waals surface area contributed by atoms with Crippen LogP contribution in [-0.4, -0.2) is 47.7 Å². The highest BCUT2D eigenvalue weighted by atomic mass is 16.6. The van der Waals surface area contributed by atoms with E-state index in [1.54, 1.807) is 0 Å². The van der Waals surface area contributed by atoms with Crippen molar-refractivity contribution < 1.29 is 24.5 Å². The molecule has 0 aromatic carbocycles. The van der Waals surface area contributed by atoms with Crippen molar-refractivity contribution in [3.63, 3.8) is 0 Å². The van der Waals surface area contributed by atoms with Crippen molar-refractivity contribution in [3.8, 4) is 0 Å². The molecule has 14 heavy (non-hydrogen) atoms. The molecule has 0 saturated carbocycles. The predicted octanol–water partition coefficient (Wildman–Crippen LogP) is -0.550. The normalized spacial score (nSPS) is 27.1. The number of esters is 1. The molecule has 0 spiro atoms. The third-order valence-corrected chi connectivity index (χ3v) is 2.12. The van der Waals surface area contributed by atoms with E-state index < -0.39 is 12.7 Å².